The number of nitrogens with one attached hydrogen (secondary N) is 2. The normalized spacial score (nSPS) is 11.9. The first-order chi connectivity index (χ1) is 13.4. The Labute approximate surface area is 170 Å². The largest absolute Gasteiger partial charge is 0.486 e. The number of aromatic nitrogens is 3. The summed E-state index contributed by atoms with van der Waals surface area (Å²) in [6.07, 6.45) is 0. The van der Waals surface area contributed by atoms with Crippen LogP contribution in [0.1, 0.15) is 18.3 Å². The van der Waals surface area contributed by atoms with Crippen LogP contribution in [0.25, 0.3) is 0 Å². The van der Waals surface area contributed by atoms with Crippen LogP contribution in [0.5, 0.6) is 5.75 Å². The van der Waals surface area contributed by atoms with Gasteiger partial charge in [0, 0.05) is 10.7 Å². The number of halogens is 2. The SMILES string of the molecule is Cc1ccc(NC(=O)C(C)Sc2n[nH]c(COc3ccc(Cl)cc3)n2)cc1F. The summed E-state index contributed by atoms with van der Waals surface area (Å²) in [6, 6.07) is 11.6. The molecule has 2 aromatic carbocycles. The third-order valence-corrected chi connectivity index (χ3v) is 5.00. The molecule has 0 spiro atoms. The summed E-state index contributed by atoms with van der Waals surface area (Å²) in [5.41, 5.74) is 0.932. The molecule has 1 aromatic heterocycles. The Kier molecular flexibility index (Phi) is 6.53. The lowest BCUT2D eigenvalue weighted by molar-refractivity contribution is -0.115. The van der Waals surface area contributed by atoms with E-state index < -0.39 is 5.25 Å². The molecule has 9 heteroatoms. The van der Waals surface area contributed by atoms with Crippen molar-refractivity contribution in [3.05, 3.63) is 64.7 Å². The van der Waals surface area contributed by atoms with Gasteiger partial charge in [-0.05, 0) is 55.8 Å². The maximum Gasteiger partial charge on any atom is 0.237 e. The second-order valence-corrected chi connectivity index (χ2v) is 7.76. The van der Waals surface area contributed by atoms with E-state index in [0.29, 0.717) is 33.0 Å². The van der Waals surface area contributed by atoms with E-state index in [-0.39, 0.29) is 18.3 Å². The van der Waals surface area contributed by atoms with Crippen molar-refractivity contribution < 1.29 is 13.9 Å². The number of H-pyrrole nitrogens is 1. The van der Waals surface area contributed by atoms with Crippen LogP contribution in [0.3, 0.4) is 0 Å². The summed E-state index contributed by atoms with van der Waals surface area (Å²) in [4.78, 5) is 16.6. The van der Waals surface area contributed by atoms with Crippen molar-refractivity contribution in [2.24, 2.45) is 0 Å². The highest BCUT2D eigenvalue weighted by molar-refractivity contribution is 8.00. The molecule has 28 heavy (non-hydrogen) atoms. The predicted octanol–water partition coefficient (Wildman–Crippen LogP) is 4.60. The number of anilines is 1. The Morgan fingerprint density at radius 2 is 2.07 bits per heavy atom. The van der Waals surface area contributed by atoms with E-state index >= 15 is 0 Å². The van der Waals surface area contributed by atoms with E-state index in [1.807, 2.05) is 0 Å². The first-order valence-electron chi connectivity index (χ1n) is 8.44. The van der Waals surface area contributed by atoms with Gasteiger partial charge in [-0.1, -0.05) is 29.4 Å². The fourth-order valence-corrected chi connectivity index (χ4v) is 3.07. The summed E-state index contributed by atoms with van der Waals surface area (Å²) in [5, 5.41) is 10.1. The molecule has 1 amide bonds. The van der Waals surface area contributed by atoms with Gasteiger partial charge in [0.2, 0.25) is 11.1 Å². The number of ether oxygens (including phenoxy) is 1. The number of aromatic amines is 1. The molecular formula is C19H18ClFN4O2S. The fourth-order valence-electron chi connectivity index (χ4n) is 2.20. The third-order valence-electron chi connectivity index (χ3n) is 3.79. The third kappa shape index (κ3) is 5.46. The van der Waals surface area contributed by atoms with Crippen molar-refractivity contribution in [1.29, 1.82) is 0 Å². The quantitative estimate of drug-likeness (QED) is 0.546. The first kappa shape index (κ1) is 20.2. The minimum Gasteiger partial charge on any atom is -0.486 e. The van der Waals surface area contributed by atoms with E-state index in [1.54, 1.807) is 50.2 Å². The second kappa shape index (κ2) is 9.07. The first-order valence-corrected chi connectivity index (χ1v) is 9.70. The zero-order chi connectivity index (χ0) is 20.1. The van der Waals surface area contributed by atoms with Gasteiger partial charge in [-0.3, -0.25) is 9.89 Å². The van der Waals surface area contributed by atoms with Gasteiger partial charge in [-0.15, -0.1) is 5.10 Å². The van der Waals surface area contributed by atoms with Gasteiger partial charge in [0.25, 0.3) is 0 Å². The Morgan fingerprint density at radius 3 is 2.79 bits per heavy atom. The minimum atomic E-state index is -0.467. The molecule has 3 aromatic rings. The smallest absolute Gasteiger partial charge is 0.237 e. The van der Waals surface area contributed by atoms with Crippen LogP contribution in [0.2, 0.25) is 5.02 Å². The summed E-state index contributed by atoms with van der Waals surface area (Å²) in [5.74, 6) is 0.563. The zero-order valence-electron chi connectivity index (χ0n) is 15.2. The molecule has 0 aliphatic rings. The van der Waals surface area contributed by atoms with Gasteiger partial charge in [0.05, 0.1) is 5.25 Å². The van der Waals surface area contributed by atoms with Crippen molar-refractivity contribution in [1.82, 2.24) is 15.2 Å². The average molecular weight is 421 g/mol. The van der Waals surface area contributed by atoms with Gasteiger partial charge in [0.15, 0.2) is 5.82 Å². The zero-order valence-corrected chi connectivity index (χ0v) is 16.8. The molecular weight excluding hydrogens is 403 g/mol. The Morgan fingerprint density at radius 1 is 1.32 bits per heavy atom. The molecule has 0 saturated carbocycles. The van der Waals surface area contributed by atoms with Crippen LogP contribution < -0.4 is 10.1 Å². The molecule has 0 aliphatic carbocycles. The van der Waals surface area contributed by atoms with E-state index in [9.17, 15) is 9.18 Å². The number of aryl methyl sites for hydroxylation is 1. The van der Waals surface area contributed by atoms with Crippen molar-refractivity contribution in [2.75, 3.05) is 5.32 Å². The van der Waals surface area contributed by atoms with Crippen LogP contribution in [0, 0.1) is 12.7 Å². The lowest BCUT2D eigenvalue weighted by atomic mass is 10.2. The van der Waals surface area contributed by atoms with Gasteiger partial charge < -0.3 is 10.1 Å². The number of carbonyl (C=O) groups is 1. The molecule has 3 rings (SSSR count). The highest BCUT2D eigenvalue weighted by Gasteiger charge is 2.18. The summed E-state index contributed by atoms with van der Waals surface area (Å²) < 4.78 is 19.2. The minimum absolute atomic E-state index is 0.207. The van der Waals surface area contributed by atoms with E-state index in [4.69, 9.17) is 16.3 Å². The standard InChI is InChI=1S/C19H18ClFN4O2S/c1-11-3-6-14(9-16(11)21)22-18(26)12(2)28-19-23-17(24-25-19)10-27-15-7-4-13(20)5-8-15/h3-9,12H,10H2,1-2H3,(H,22,26)(H,23,24,25). The molecule has 146 valence electrons. The van der Waals surface area contributed by atoms with Crippen LogP contribution in [-0.4, -0.2) is 26.3 Å². The Bertz CT molecular complexity index is 965. The number of amides is 1. The molecule has 0 radical (unpaired) electrons. The predicted molar refractivity (Wildman–Crippen MR) is 107 cm³/mol. The molecule has 1 unspecified atom stereocenters. The summed E-state index contributed by atoms with van der Waals surface area (Å²) in [6.45, 7) is 3.60. The molecule has 6 nitrogen and oxygen atoms in total. The molecule has 2 N–H and O–H groups in total. The van der Waals surface area contributed by atoms with Crippen LogP contribution in [0.4, 0.5) is 10.1 Å². The van der Waals surface area contributed by atoms with E-state index in [1.165, 1.54) is 17.8 Å². The molecule has 1 atom stereocenters. The van der Waals surface area contributed by atoms with E-state index in [0.717, 1.165) is 0 Å². The summed E-state index contributed by atoms with van der Waals surface area (Å²) >= 11 is 7.02. The number of hydrogen-bond donors (Lipinski definition) is 2. The highest BCUT2D eigenvalue weighted by Crippen LogP contribution is 2.22. The highest BCUT2D eigenvalue weighted by atomic mass is 35.5. The number of nitrogens with zero attached hydrogens (tertiary/aromatic N) is 2. The fraction of sp³-hybridized carbons (Fsp3) is 0.211. The monoisotopic (exact) mass is 420 g/mol. The van der Waals surface area contributed by atoms with Crippen molar-refractivity contribution in [2.45, 2.75) is 30.9 Å². The van der Waals surface area contributed by atoms with Gasteiger partial charge in [-0.25, -0.2) is 9.37 Å². The topological polar surface area (TPSA) is 79.9 Å². The molecule has 1 heterocycles. The maximum absolute atomic E-state index is 13.6. The average Bonchev–Trinajstić information content (AvgIpc) is 3.11. The van der Waals surface area contributed by atoms with Crippen LogP contribution in [-0.2, 0) is 11.4 Å². The van der Waals surface area contributed by atoms with Gasteiger partial charge >= 0.3 is 0 Å². The lowest BCUT2D eigenvalue weighted by Gasteiger charge is -2.10. The van der Waals surface area contributed by atoms with Crippen molar-refractivity contribution >= 4 is 35.0 Å². The maximum atomic E-state index is 13.6. The van der Waals surface area contributed by atoms with Gasteiger partial charge in [0.1, 0.15) is 18.2 Å². The number of hydrogen-bond acceptors (Lipinski definition) is 5. The van der Waals surface area contributed by atoms with Crippen LogP contribution in [0.15, 0.2) is 47.6 Å². The Hall–Kier alpha value is -2.58. The second-order valence-electron chi connectivity index (χ2n) is 6.02. The molecule has 0 saturated heterocycles. The Balaban J connectivity index is 1.52. The number of benzene rings is 2. The van der Waals surface area contributed by atoms with Crippen molar-refractivity contribution in [3.63, 3.8) is 0 Å². The van der Waals surface area contributed by atoms with Crippen molar-refractivity contribution in [3.8, 4) is 5.75 Å². The summed E-state index contributed by atoms with van der Waals surface area (Å²) in [7, 11) is 0. The van der Waals surface area contributed by atoms with Gasteiger partial charge in [-0.2, -0.15) is 0 Å². The van der Waals surface area contributed by atoms with Crippen LogP contribution >= 0.6 is 23.4 Å². The molecule has 0 bridgehead atoms. The molecule has 0 aliphatic heterocycles. The lowest BCUT2D eigenvalue weighted by Crippen LogP contribution is -2.22. The number of thioether (sulfide) groups is 1. The number of rotatable bonds is 7. The number of carbonyl (C=O) groups excluding carboxylic acids is 1. The van der Waals surface area contributed by atoms with E-state index in [2.05, 4.69) is 20.5 Å². The molecule has 0 fully saturated rings.